The van der Waals surface area contributed by atoms with Crippen LogP contribution in [0.5, 0.6) is 0 Å². The zero-order chi connectivity index (χ0) is 15.8. The lowest BCUT2D eigenvalue weighted by Gasteiger charge is -2.28. The van der Waals surface area contributed by atoms with Crippen molar-refractivity contribution in [3.8, 4) is 0 Å². The maximum atomic E-state index is 4.48. The smallest absolute Gasteiger partial charge is 0.00255 e. The Morgan fingerprint density at radius 3 is 1.19 bits per heavy atom. The molecular formula is C18H38S3. The van der Waals surface area contributed by atoms with Crippen molar-refractivity contribution < 1.29 is 0 Å². The van der Waals surface area contributed by atoms with Crippen LogP contribution < -0.4 is 0 Å². The third-order valence-corrected chi connectivity index (χ3v) is 6.58. The number of hydrogen-bond acceptors (Lipinski definition) is 3. The maximum Gasteiger partial charge on any atom is -0.00255 e. The molecule has 0 fully saturated rings. The predicted octanol–water partition coefficient (Wildman–Crippen LogP) is 6.85. The van der Waals surface area contributed by atoms with Gasteiger partial charge in [0, 0.05) is 0 Å². The Morgan fingerprint density at radius 2 is 0.857 bits per heavy atom. The van der Waals surface area contributed by atoms with Crippen molar-refractivity contribution in [2.75, 3.05) is 17.3 Å². The normalized spacial score (nSPS) is 12.0. The highest BCUT2D eigenvalue weighted by molar-refractivity contribution is 7.82. The average Bonchev–Trinajstić information content (AvgIpc) is 2.53. The summed E-state index contributed by atoms with van der Waals surface area (Å²) in [7, 11) is 0. The van der Waals surface area contributed by atoms with E-state index in [4.69, 9.17) is 0 Å². The Hall–Kier alpha value is 1.05. The number of rotatable bonds is 16. The lowest BCUT2D eigenvalue weighted by atomic mass is 9.88. The molecule has 0 saturated heterocycles. The van der Waals surface area contributed by atoms with Gasteiger partial charge in [0.15, 0.2) is 0 Å². The Labute approximate surface area is 150 Å². The molecule has 0 unspecified atom stereocenters. The average molecular weight is 351 g/mol. The van der Waals surface area contributed by atoms with Gasteiger partial charge in [-0.15, -0.1) is 0 Å². The van der Waals surface area contributed by atoms with Crippen molar-refractivity contribution in [1.29, 1.82) is 0 Å². The fourth-order valence-corrected chi connectivity index (χ4v) is 4.40. The molecule has 21 heavy (non-hydrogen) atoms. The molecule has 0 atom stereocenters. The van der Waals surface area contributed by atoms with Crippen molar-refractivity contribution in [3.05, 3.63) is 0 Å². The molecule has 3 heteroatoms. The second-order valence-electron chi connectivity index (χ2n) is 6.61. The van der Waals surface area contributed by atoms with Crippen LogP contribution in [0.3, 0.4) is 0 Å². The third kappa shape index (κ3) is 12.2. The van der Waals surface area contributed by atoms with Crippen molar-refractivity contribution in [1.82, 2.24) is 0 Å². The Balaban J connectivity index is 3.29. The zero-order valence-corrected chi connectivity index (χ0v) is 16.8. The molecule has 0 aliphatic carbocycles. The molecule has 0 rings (SSSR count). The van der Waals surface area contributed by atoms with Gasteiger partial charge in [-0.3, -0.25) is 0 Å². The number of hydrogen-bond donors (Lipinski definition) is 3. The zero-order valence-electron chi connectivity index (χ0n) is 14.2. The van der Waals surface area contributed by atoms with Gasteiger partial charge in [-0.25, -0.2) is 0 Å². The maximum absolute atomic E-state index is 4.48. The second kappa shape index (κ2) is 15.9. The van der Waals surface area contributed by atoms with Crippen LogP contribution in [0.25, 0.3) is 0 Å². The topological polar surface area (TPSA) is 0 Å². The fraction of sp³-hybridized carbons (Fsp3) is 1.00. The molecule has 0 aliphatic heterocycles. The van der Waals surface area contributed by atoms with E-state index in [0.717, 1.165) is 17.3 Å². The minimum Gasteiger partial charge on any atom is -0.179 e. The summed E-state index contributed by atoms with van der Waals surface area (Å²) >= 11 is 13.4. The summed E-state index contributed by atoms with van der Waals surface area (Å²) in [6.07, 6.45) is 18.2. The van der Waals surface area contributed by atoms with Crippen LogP contribution >= 0.6 is 37.9 Å². The molecule has 0 bridgehead atoms. The van der Waals surface area contributed by atoms with E-state index in [1.807, 2.05) is 0 Å². The van der Waals surface area contributed by atoms with Crippen LogP contribution in [0.4, 0.5) is 0 Å². The van der Waals surface area contributed by atoms with Crippen LogP contribution in [0.1, 0.15) is 90.4 Å². The summed E-state index contributed by atoms with van der Waals surface area (Å²) < 4.78 is 0. The molecule has 0 aromatic carbocycles. The first kappa shape index (κ1) is 22.1. The molecule has 0 aromatic heterocycles. The number of unbranched alkanes of at least 4 members (excludes halogenated alkanes) is 11. The molecular weight excluding hydrogens is 312 g/mol. The highest BCUT2D eigenvalue weighted by Crippen LogP contribution is 2.29. The lowest BCUT2D eigenvalue weighted by Crippen LogP contribution is -2.27. The molecule has 0 spiro atoms. The highest BCUT2D eigenvalue weighted by atomic mass is 32.1. The van der Waals surface area contributed by atoms with Gasteiger partial charge in [-0.05, 0) is 29.1 Å². The van der Waals surface area contributed by atoms with E-state index in [-0.39, 0.29) is 5.41 Å². The lowest BCUT2D eigenvalue weighted by molar-refractivity contribution is 0.383. The Bertz CT molecular complexity index is 194. The van der Waals surface area contributed by atoms with Crippen molar-refractivity contribution in [3.63, 3.8) is 0 Å². The van der Waals surface area contributed by atoms with Gasteiger partial charge in [-0.2, -0.15) is 37.9 Å². The van der Waals surface area contributed by atoms with E-state index >= 15 is 0 Å². The third-order valence-electron chi connectivity index (χ3n) is 4.57. The standard InChI is InChI=1S/C18H38S3/c1-2-3-4-5-6-7-8-9-10-11-12-13-14-18(15-19,16-20)17-21/h19-21H,2-17H2,1H3. The summed E-state index contributed by atoms with van der Waals surface area (Å²) in [5, 5.41) is 0. The summed E-state index contributed by atoms with van der Waals surface area (Å²) in [4.78, 5) is 0. The van der Waals surface area contributed by atoms with Crippen LogP contribution in [-0.2, 0) is 0 Å². The van der Waals surface area contributed by atoms with Gasteiger partial charge in [0.2, 0.25) is 0 Å². The molecule has 0 aliphatic rings. The van der Waals surface area contributed by atoms with E-state index in [1.165, 1.54) is 83.5 Å². The molecule has 128 valence electrons. The van der Waals surface area contributed by atoms with Crippen LogP contribution in [0.2, 0.25) is 0 Å². The van der Waals surface area contributed by atoms with Crippen LogP contribution in [-0.4, -0.2) is 17.3 Å². The van der Waals surface area contributed by atoms with Gasteiger partial charge >= 0.3 is 0 Å². The van der Waals surface area contributed by atoms with E-state index in [1.54, 1.807) is 0 Å². The van der Waals surface area contributed by atoms with Crippen molar-refractivity contribution >= 4 is 37.9 Å². The molecule has 0 aromatic rings. The second-order valence-corrected chi connectivity index (χ2v) is 7.56. The molecule has 0 amide bonds. The largest absolute Gasteiger partial charge is 0.179 e. The number of thiol groups is 3. The predicted molar refractivity (Wildman–Crippen MR) is 110 cm³/mol. The minimum atomic E-state index is 0.258. The SMILES string of the molecule is CCCCCCCCCCCCCCC(CS)(CS)CS. The molecule has 0 saturated carbocycles. The molecule has 0 heterocycles. The van der Waals surface area contributed by atoms with Gasteiger partial charge < -0.3 is 0 Å². The van der Waals surface area contributed by atoms with Gasteiger partial charge in [0.1, 0.15) is 0 Å². The summed E-state index contributed by atoms with van der Waals surface area (Å²) in [6, 6.07) is 0. The molecule has 0 N–H and O–H groups in total. The monoisotopic (exact) mass is 350 g/mol. The Morgan fingerprint density at radius 1 is 0.524 bits per heavy atom. The van der Waals surface area contributed by atoms with Crippen LogP contribution in [0.15, 0.2) is 0 Å². The van der Waals surface area contributed by atoms with E-state index in [2.05, 4.69) is 44.8 Å². The first-order chi connectivity index (χ1) is 10.2. The fourth-order valence-electron chi connectivity index (χ4n) is 2.73. The van der Waals surface area contributed by atoms with E-state index in [9.17, 15) is 0 Å². The summed E-state index contributed by atoms with van der Waals surface area (Å²) in [5.74, 6) is 2.74. The van der Waals surface area contributed by atoms with E-state index in [0.29, 0.717) is 0 Å². The summed E-state index contributed by atoms with van der Waals surface area (Å²) in [5.41, 5.74) is 0.258. The molecule has 0 nitrogen and oxygen atoms in total. The quantitative estimate of drug-likeness (QED) is 0.197. The molecule has 0 radical (unpaired) electrons. The van der Waals surface area contributed by atoms with Crippen molar-refractivity contribution in [2.45, 2.75) is 90.4 Å². The summed E-state index contributed by atoms with van der Waals surface area (Å²) in [6.45, 7) is 2.28. The van der Waals surface area contributed by atoms with E-state index < -0.39 is 0 Å². The Kier molecular flexibility index (Phi) is 16.7. The van der Waals surface area contributed by atoms with Gasteiger partial charge in [-0.1, -0.05) is 84.0 Å². The first-order valence-corrected chi connectivity index (χ1v) is 11.0. The van der Waals surface area contributed by atoms with Crippen LogP contribution in [0, 0.1) is 5.41 Å². The minimum absolute atomic E-state index is 0.258. The first-order valence-electron chi connectivity index (χ1n) is 9.07. The van der Waals surface area contributed by atoms with Gasteiger partial charge in [0.05, 0.1) is 0 Å². The van der Waals surface area contributed by atoms with Gasteiger partial charge in [0.25, 0.3) is 0 Å². The van der Waals surface area contributed by atoms with Crippen molar-refractivity contribution in [2.24, 2.45) is 5.41 Å². The highest BCUT2D eigenvalue weighted by Gasteiger charge is 2.24.